The van der Waals surface area contributed by atoms with Gasteiger partial charge in [-0.2, -0.15) is 0 Å². The van der Waals surface area contributed by atoms with Crippen LogP contribution < -0.4 is 10.2 Å². The van der Waals surface area contributed by atoms with Gasteiger partial charge in [-0.1, -0.05) is 11.6 Å². The molecule has 2 atom stereocenters. The van der Waals surface area contributed by atoms with Gasteiger partial charge in [0.15, 0.2) is 0 Å². The van der Waals surface area contributed by atoms with Crippen LogP contribution in [0, 0.1) is 5.82 Å². The highest BCUT2D eigenvalue weighted by Gasteiger charge is 2.25. The Hall–Kier alpha value is -2.71. The van der Waals surface area contributed by atoms with Crippen molar-refractivity contribution in [1.82, 2.24) is 19.9 Å². The summed E-state index contributed by atoms with van der Waals surface area (Å²) in [4.78, 5) is 28.2. The van der Waals surface area contributed by atoms with E-state index in [4.69, 9.17) is 11.6 Å². The van der Waals surface area contributed by atoms with Crippen molar-refractivity contribution >= 4 is 40.4 Å². The van der Waals surface area contributed by atoms with Crippen LogP contribution in [0.3, 0.4) is 0 Å². The SMILES string of the molecule is CN(CCCC(C=O)Nc1cc(F)cc(Cl)c1)C1CCCN(c2ncnc3[nH]ccc23)C1. The maximum Gasteiger partial charge on any atom is 0.142 e. The van der Waals surface area contributed by atoms with Crippen molar-refractivity contribution in [3.05, 3.63) is 47.6 Å². The van der Waals surface area contributed by atoms with Gasteiger partial charge >= 0.3 is 0 Å². The number of anilines is 2. The number of likely N-dealkylation sites (N-methyl/N-ethyl adjacent to an activating group) is 1. The normalized spacial score (nSPS) is 17.6. The predicted molar refractivity (Wildman–Crippen MR) is 126 cm³/mol. The van der Waals surface area contributed by atoms with E-state index >= 15 is 0 Å². The third kappa shape index (κ3) is 5.37. The van der Waals surface area contributed by atoms with Gasteiger partial charge in [0.05, 0.1) is 11.4 Å². The first kappa shape index (κ1) is 22.5. The Kier molecular flexibility index (Phi) is 7.22. The number of halogens is 2. The number of hydrogen-bond donors (Lipinski definition) is 2. The second kappa shape index (κ2) is 10.3. The maximum absolute atomic E-state index is 13.5. The largest absolute Gasteiger partial charge is 0.375 e. The average molecular weight is 459 g/mol. The van der Waals surface area contributed by atoms with Gasteiger partial charge in [-0.25, -0.2) is 14.4 Å². The molecule has 3 aromatic rings. The first-order valence-electron chi connectivity index (χ1n) is 10.9. The molecule has 4 rings (SSSR count). The van der Waals surface area contributed by atoms with E-state index in [1.807, 2.05) is 12.3 Å². The lowest BCUT2D eigenvalue weighted by Gasteiger charge is -2.38. The summed E-state index contributed by atoms with van der Waals surface area (Å²) in [7, 11) is 2.13. The minimum Gasteiger partial charge on any atom is -0.375 e. The molecular formula is C23H28ClFN6O. The molecule has 9 heteroatoms. The molecule has 3 heterocycles. The van der Waals surface area contributed by atoms with Crippen molar-refractivity contribution in [1.29, 1.82) is 0 Å². The van der Waals surface area contributed by atoms with Crippen LogP contribution in [0.15, 0.2) is 36.8 Å². The first-order chi connectivity index (χ1) is 15.5. The molecule has 0 spiro atoms. The number of aromatic amines is 1. The third-order valence-corrected chi connectivity index (χ3v) is 6.28. The fourth-order valence-electron chi connectivity index (χ4n) is 4.39. The number of fused-ring (bicyclic) bond motifs is 1. The lowest BCUT2D eigenvalue weighted by Crippen LogP contribution is -2.47. The first-order valence-corrected chi connectivity index (χ1v) is 11.3. The van der Waals surface area contributed by atoms with E-state index in [2.05, 4.69) is 37.1 Å². The molecule has 0 radical (unpaired) electrons. The smallest absolute Gasteiger partial charge is 0.142 e. The van der Waals surface area contributed by atoms with Crippen molar-refractivity contribution in [2.24, 2.45) is 0 Å². The van der Waals surface area contributed by atoms with Crippen LogP contribution in [0.5, 0.6) is 0 Å². The number of carbonyl (C=O) groups excluding carboxylic acids is 1. The van der Waals surface area contributed by atoms with Crippen LogP contribution in [0.2, 0.25) is 5.02 Å². The number of carbonyl (C=O) groups is 1. The Morgan fingerprint density at radius 1 is 1.41 bits per heavy atom. The van der Waals surface area contributed by atoms with Crippen LogP contribution in [-0.4, -0.2) is 64.9 Å². The zero-order valence-electron chi connectivity index (χ0n) is 18.1. The van der Waals surface area contributed by atoms with Crippen LogP contribution >= 0.6 is 11.6 Å². The molecule has 0 bridgehead atoms. The van der Waals surface area contributed by atoms with E-state index in [1.165, 1.54) is 12.1 Å². The minimum atomic E-state index is -0.424. The monoisotopic (exact) mass is 458 g/mol. The third-order valence-electron chi connectivity index (χ3n) is 6.06. The van der Waals surface area contributed by atoms with Crippen molar-refractivity contribution in [3.8, 4) is 0 Å². The summed E-state index contributed by atoms with van der Waals surface area (Å²) >= 11 is 5.90. The summed E-state index contributed by atoms with van der Waals surface area (Å²) in [6.45, 7) is 2.76. The zero-order chi connectivity index (χ0) is 22.5. The van der Waals surface area contributed by atoms with Crippen molar-refractivity contribution in [2.45, 2.75) is 37.8 Å². The molecule has 2 aromatic heterocycles. The average Bonchev–Trinajstić information content (AvgIpc) is 3.26. The van der Waals surface area contributed by atoms with Crippen LogP contribution in [0.25, 0.3) is 11.0 Å². The topological polar surface area (TPSA) is 77.2 Å². The summed E-state index contributed by atoms with van der Waals surface area (Å²) < 4.78 is 13.5. The molecule has 1 fully saturated rings. The molecule has 2 unspecified atom stereocenters. The number of nitrogens with zero attached hydrogens (tertiary/aromatic N) is 4. The molecule has 2 N–H and O–H groups in total. The molecule has 1 aliphatic rings. The summed E-state index contributed by atoms with van der Waals surface area (Å²) in [6.07, 6.45) is 8.12. The number of aldehydes is 1. The number of benzene rings is 1. The van der Waals surface area contributed by atoms with E-state index in [1.54, 1.807) is 12.4 Å². The van der Waals surface area contributed by atoms with Crippen LogP contribution in [0.4, 0.5) is 15.9 Å². The van der Waals surface area contributed by atoms with E-state index < -0.39 is 5.82 Å². The lowest BCUT2D eigenvalue weighted by atomic mass is 10.0. The highest BCUT2D eigenvalue weighted by atomic mass is 35.5. The second-order valence-corrected chi connectivity index (χ2v) is 8.78. The molecule has 1 aromatic carbocycles. The number of rotatable bonds is 9. The van der Waals surface area contributed by atoms with Gasteiger partial charge < -0.3 is 24.9 Å². The molecule has 7 nitrogen and oxygen atoms in total. The molecule has 1 aliphatic heterocycles. The number of H-pyrrole nitrogens is 1. The molecule has 0 amide bonds. The number of nitrogens with one attached hydrogen (secondary N) is 2. The van der Waals surface area contributed by atoms with E-state index in [9.17, 15) is 9.18 Å². The van der Waals surface area contributed by atoms with E-state index in [0.717, 1.165) is 62.0 Å². The van der Waals surface area contributed by atoms with Crippen molar-refractivity contribution < 1.29 is 9.18 Å². The van der Waals surface area contributed by atoms with Gasteiger partial charge in [0.25, 0.3) is 0 Å². The molecule has 1 saturated heterocycles. The molecular weight excluding hydrogens is 431 g/mol. The van der Waals surface area contributed by atoms with Gasteiger partial charge in [0.1, 0.15) is 29.9 Å². The number of hydrogen-bond acceptors (Lipinski definition) is 6. The maximum atomic E-state index is 13.5. The molecule has 32 heavy (non-hydrogen) atoms. The van der Waals surface area contributed by atoms with Crippen LogP contribution in [0.1, 0.15) is 25.7 Å². The van der Waals surface area contributed by atoms with E-state index in [-0.39, 0.29) is 6.04 Å². The summed E-state index contributed by atoms with van der Waals surface area (Å²) in [5, 5.41) is 4.42. The summed E-state index contributed by atoms with van der Waals surface area (Å²) in [5.74, 6) is 0.556. The molecule has 0 saturated carbocycles. The van der Waals surface area contributed by atoms with Crippen molar-refractivity contribution in [2.75, 3.05) is 36.9 Å². The second-order valence-electron chi connectivity index (χ2n) is 8.35. The Labute approximate surface area is 192 Å². The highest BCUT2D eigenvalue weighted by molar-refractivity contribution is 6.30. The predicted octanol–water partition coefficient (Wildman–Crippen LogP) is 4.11. The van der Waals surface area contributed by atoms with Gasteiger partial charge in [-0.3, -0.25) is 0 Å². The fraction of sp³-hybridized carbons (Fsp3) is 0.435. The van der Waals surface area contributed by atoms with Crippen molar-refractivity contribution in [3.63, 3.8) is 0 Å². The van der Waals surface area contributed by atoms with Gasteiger partial charge in [0.2, 0.25) is 0 Å². The highest BCUT2D eigenvalue weighted by Crippen LogP contribution is 2.26. The number of aromatic nitrogens is 3. The van der Waals surface area contributed by atoms with Crippen LogP contribution in [-0.2, 0) is 4.79 Å². The molecule has 0 aliphatic carbocycles. The summed E-state index contributed by atoms with van der Waals surface area (Å²) in [6, 6.07) is 6.27. The lowest BCUT2D eigenvalue weighted by molar-refractivity contribution is -0.108. The Balaban J connectivity index is 1.30. The Morgan fingerprint density at radius 3 is 3.09 bits per heavy atom. The summed E-state index contributed by atoms with van der Waals surface area (Å²) in [5.41, 5.74) is 1.38. The van der Waals surface area contributed by atoms with E-state index in [0.29, 0.717) is 23.2 Å². The Morgan fingerprint density at radius 2 is 2.28 bits per heavy atom. The number of piperidine rings is 1. The fourth-order valence-corrected chi connectivity index (χ4v) is 4.61. The Bertz CT molecular complexity index is 1040. The standard InChI is InChI=1S/C23H28ClFN6O/c1-30(8-2-4-18(14-32)29-19-11-16(24)10-17(25)12-19)20-5-3-9-31(13-20)23-21-6-7-26-22(21)27-15-28-23/h6-7,10-12,14-15,18,20,29H,2-5,8-9,13H2,1H3,(H,26,27,28). The van der Waals surface area contributed by atoms with Gasteiger partial charge in [0, 0.05) is 36.0 Å². The van der Waals surface area contributed by atoms with Gasteiger partial charge in [-0.15, -0.1) is 0 Å². The quantitative estimate of drug-likeness (QED) is 0.470. The minimum absolute atomic E-state index is 0.305. The van der Waals surface area contributed by atoms with Gasteiger partial charge in [-0.05, 0) is 63.5 Å². The molecule has 170 valence electrons. The zero-order valence-corrected chi connectivity index (χ0v) is 18.9.